The Morgan fingerprint density at radius 2 is 2.25 bits per heavy atom. The summed E-state index contributed by atoms with van der Waals surface area (Å²) in [6.07, 6.45) is 4.10. The number of imidazole rings is 1. The molecule has 3 heteroatoms. The highest BCUT2D eigenvalue weighted by Crippen LogP contribution is 2.24. The molecule has 12 heavy (non-hydrogen) atoms. The Morgan fingerprint density at radius 1 is 1.50 bits per heavy atom. The molecule has 0 aliphatic heterocycles. The molecular weight excluding hydrogens is 168 g/mol. The van der Waals surface area contributed by atoms with Gasteiger partial charge in [0.1, 0.15) is 0 Å². The molecule has 0 amide bonds. The maximum atomic E-state index is 4.30. The zero-order valence-corrected chi connectivity index (χ0v) is 8.35. The van der Waals surface area contributed by atoms with Crippen LogP contribution in [0.25, 0.3) is 4.96 Å². The van der Waals surface area contributed by atoms with Crippen LogP contribution in [0.3, 0.4) is 0 Å². The fraction of sp³-hybridized carbons (Fsp3) is 0.444. The Morgan fingerprint density at radius 3 is 2.83 bits per heavy atom. The van der Waals surface area contributed by atoms with Crippen molar-refractivity contribution >= 4 is 16.3 Å². The smallest absolute Gasteiger partial charge is 0.194 e. The summed E-state index contributed by atoms with van der Waals surface area (Å²) in [7, 11) is 0. The molecule has 0 saturated heterocycles. The van der Waals surface area contributed by atoms with Crippen molar-refractivity contribution in [2.45, 2.75) is 26.7 Å². The van der Waals surface area contributed by atoms with Crippen molar-refractivity contribution in [3.8, 4) is 0 Å². The van der Waals surface area contributed by atoms with Crippen LogP contribution in [-0.2, 0) is 0 Å². The Hall–Kier alpha value is -0.830. The summed E-state index contributed by atoms with van der Waals surface area (Å²) in [6, 6.07) is 0. The summed E-state index contributed by atoms with van der Waals surface area (Å²) in [6.45, 7) is 6.50. The molecule has 0 aliphatic carbocycles. The predicted octanol–water partition coefficient (Wildman–Crippen LogP) is 2.83. The molecule has 0 aromatic carbocycles. The lowest BCUT2D eigenvalue weighted by Gasteiger charge is -1.95. The molecule has 2 nitrogen and oxygen atoms in total. The van der Waals surface area contributed by atoms with Crippen molar-refractivity contribution in [2.24, 2.45) is 0 Å². The van der Waals surface area contributed by atoms with E-state index in [-0.39, 0.29) is 0 Å². The lowest BCUT2D eigenvalue weighted by Crippen LogP contribution is -1.82. The van der Waals surface area contributed by atoms with Crippen LogP contribution in [0.15, 0.2) is 12.4 Å². The molecule has 0 atom stereocenters. The molecule has 64 valence electrons. The zero-order valence-electron chi connectivity index (χ0n) is 7.53. The van der Waals surface area contributed by atoms with Gasteiger partial charge in [-0.1, -0.05) is 13.8 Å². The first-order chi connectivity index (χ1) is 5.68. The average Bonchev–Trinajstić information content (AvgIpc) is 2.53. The van der Waals surface area contributed by atoms with Gasteiger partial charge in [0, 0.05) is 23.0 Å². The molecule has 2 aromatic rings. The van der Waals surface area contributed by atoms with Crippen molar-refractivity contribution in [2.75, 3.05) is 0 Å². The third-order valence-corrected chi connectivity index (χ3v) is 3.28. The lowest BCUT2D eigenvalue weighted by atomic mass is 10.2. The van der Waals surface area contributed by atoms with Gasteiger partial charge in [-0.25, -0.2) is 4.98 Å². The van der Waals surface area contributed by atoms with E-state index in [1.807, 2.05) is 6.20 Å². The normalized spacial score (nSPS) is 11.7. The van der Waals surface area contributed by atoms with E-state index in [9.17, 15) is 0 Å². The standard InChI is InChI=1S/C9H12N2S/c1-6(2)8-5-11-7(3)4-10-9(11)12-8/h4-6H,1-3H3. The second-order valence-corrected chi connectivity index (χ2v) is 4.38. The number of rotatable bonds is 1. The first-order valence-electron chi connectivity index (χ1n) is 4.12. The van der Waals surface area contributed by atoms with E-state index < -0.39 is 0 Å². The zero-order chi connectivity index (χ0) is 8.72. The Balaban J connectivity index is 2.63. The number of aryl methyl sites for hydroxylation is 1. The van der Waals surface area contributed by atoms with E-state index in [0.29, 0.717) is 5.92 Å². The van der Waals surface area contributed by atoms with Crippen molar-refractivity contribution < 1.29 is 0 Å². The van der Waals surface area contributed by atoms with E-state index in [4.69, 9.17) is 0 Å². The molecule has 2 rings (SSSR count). The van der Waals surface area contributed by atoms with Crippen LogP contribution in [-0.4, -0.2) is 9.38 Å². The molecule has 0 saturated carbocycles. The third kappa shape index (κ3) is 1.05. The van der Waals surface area contributed by atoms with Gasteiger partial charge in [-0.15, -0.1) is 11.3 Å². The fourth-order valence-corrected chi connectivity index (χ4v) is 2.19. The van der Waals surface area contributed by atoms with E-state index in [1.54, 1.807) is 11.3 Å². The molecule has 0 N–H and O–H groups in total. The second-order valence-electron chi connectivity index (χ2n) is 3.34. The molecule has 2 heterocycles. The van der Waals surface area contributed by atoms with Crippen molar-refractivity contribution in [3.05, 3.63) is 23.0 Å². The van der Waals surface area contributed by atoms with Crippen LogP contribution in [0, 0.1) is 6.92 Å². The first-order valence-corrected chi connectivity index (χ1v) is 4.93. The van der Waals surface area contributed by atoms with Gasteiger partial charge in [-0.05, 0) is 12.8 Å². The molecule has 2 aromatic heterocycles. The highest BCUT2D eigenvalue weighted by atomic mass is 32.1. The predicted molar refractivity (Wildman–Crippen MR) is 51.9 cm³/mol. The van der Waals surface area contributed by atoms with Crippen molar-refractivity contribution in [1.29, 1.82) is 0 Å². The van der Waals surface area contributed by atoms with Crippen LogP contribution in [0.4, 0.5) is 0 Å². The molecule has 0 radical (unpaired) electrons. The Labute approximate surface area is 75.9 Å². The third-order valence-electron chi connectivity index (χ3n) is 1.98. The molecule has 0 bridgehead atoms. The largest absolute Gasteiger partial charge is 0.295 e. The SMILES string of the molecule is Cc1cnc2sc(C(C)C)cn12. The van der Waals surface area contributed by atoms with Crippen molar-refractivity contribution in [3.63, 3.8) is 0 Å². The molecule has 0 fully saturated rings. The summed E-state index contributed by atoms with van der Waals surface area (Å²) in [5, 5.41) is 0. The van der Waals surface area contributed by atoms with E-state index in [0.717, 1.165) is 4.96 Å². The van der Waals surface area contributed by atoms with Gasteiger partial charge in [0.05, 0.1) is 0 Å². The fourth-order valence-electron chi connectivity index (χ4n) is 1.18. The van der Waals surface area contributed by atoms with Crippen LogP contribution in [0.5, 0.6) is 0 Å². The number of thiazole rings is 1. The highest BCUT2D eigenvalue weighted by molar-refractivity contribution is 7.17. The number of aromatic nitrogens is 2. The summed E-state index contributed by atoms with van der Waals surface area (Å²) >= 11 is 1.78. The van der Waals surface area contributed by atoms with Gasteiger partial charge in [0.15, 0.2) is 4.96 Å². The summed E-state index contributed by atoms with van der Waals surface area (Å²) in [5.74, 6) is 0.607. The molecular formula is C9H12N2S. The molecule has 0 unspecified atom stereocenters. The number of hydrogen-bond donors (Lipinski definition) is 0. The summed E-state index contributed by atoms with van der Waals surface area (Å²) in [4.78, 5) is 6.81. The van der Waals surface area contributed by atoms with Gasteiger partial charge < -0.3 is 0 Å². The van der Waals surface area contributed by atoms with Gasteiger partial charge in [0.2, 0.25) is 0 Å². The Kier molecular flexibility index (Phi) is 1.68. The average molecular weight is 180 g/mol. The molecule has 0 aliphatic rings. The summed E-state index contributed by atoms with van der Waals surface area (Å²) < 4.78 is 2.15. The number of hydrogen-bond acceptors (Lipinski definition) is 2. The van der Waals surface area contributed by atoms with Gasteiger partial charge in [-0.2, -0.15) is 0 Å². The summed E-state index contributed by atoms with van der Waals surface area (Å²) in [5.41, 5.74) is 1.22. The van der Waals surface area contributed by atoms with E-state index in [1.165, 1.54) is 10.6 Å². The molecule has 0 spiro atoms. The lowest BCUT2D eigenvalue weighted by molar-refractivity contribution is 0.880. The minimum Gasteiger partial charge on any atom is -0.295 e. The number of nitrogens with zero attached hydrogens (tertiary/aromatic N) is 2. The first kappa shape index (κ1) is 7.80. The monoisotopic (exact) mass is 180 g/mol. The van der Waals surface area contributed by atoms with Crippen LogP contribution in [0.2, 0.25) is 0 Å². The minimum absolute atomic E-state index is 0.607. The Bertz CT molecular complexity index is 397. The minimum atomic E-state index is 0.607. The van der Waals surface area contributed by atoms with Gasteiger partial charge in [0.25, 0.3) is 0 Å². The maximum Gasteiger partial charge on any atom is 0.194 e. The van der Waals surface area contributed by atoms with E-state index in [2.05, 4.69) is 36.4 Å². The highest BCUT2D eigenvalue weighted by Gasteiger charge is 2.07. The second kappa shape index (κ2) is 2.59. The van der Waals surface area contributed by atoms with Gasteiger partial charge >= 0.3 is 0 Å². The van der Waals surface area contributed by atoms with Crippen molar-refractivity contribution in [1.82, 2.24) is 9.38 Å². The number of fused-ring (bicyclic) bond motifs is 1. The van der Waals surface area contributed by atoms with E-state index >= 15 is 0 Å². The van der Waals surface area contributed by atoms with Crippen LogP contribution in [0.1, 0.15) is 30.3 Å². The topological polar surface area (TPSA) is 17.3 Å². The van der Waals surface area contributed by atoms with Crippen LogP contribution >= 0.6 is 11.3 Å². The van der Waals surface area contributed by atoms with Gasteiger partial charge in [-0.3, -0.25) is 4.40 Å². The quantitative estimate of drug-likeness (QED) is 0.659. The van der Waals surface area contributed by atoms with Crippen LogP contribution < -0.4 is 0 Å². The maximum absolute atomic E-state index is 4.30.